The number of aromatic nitrogens is 2. The van der Waals surface area contributed by atoms with Crippen molar-refractivity contribution in [2.75, 3.05) is 5.32 Å². The highest BCUT2D eigenvalue weighted by atomic mass is 35.5. The zero-order valence-electron chi connectivity index (χ0n) is 15.5. The molecule has 1 heterocycles. The Balaban J connectivity index is 1.69. The van der Waals surface area contributed by atoms with E-state index >= 15 is 0 Å². The Hall–Kier alpha value is -2.86. The molecule has 0 fully saturated rings. The maximum atomic E-state index is 12.5. The van der Waals surface area contributed by atoms with E-state index in [-0.39, 0.29) is 5.91 Å². The summed E-state index contributed by atoms with van der Waals surface area (Å²) in [4.78, 5) is 16.7. The second kappa shape index (κ2) is 7.80. The number of anilines is 1. The minimum atomic E-state index is -0.663. The van der Waals surface area contributed by atoms with E-state index in [0.717, 1.165) is 16.7 Å². The highest BCUT2D eigenvalue weighted by Crippen LogP contribution is 2.25. The SMILES string of the molecule is Cc1nc(-c2ccc(NC(=O)C(C)Oc3ccc(Cl)cc3C)c(C)c2)no1. The van der Waals surface area contributed by atoms with Crippen molar-refractivity contribution in [2.45, 2.75) is 33.8 Å². The topological polar surface area (TPSA) is 77.2 Å². The normalized spacial score (nSPS) is 11.9. The van der Waals surface area contributed by atoms with Gasteiger partial charge in [-0.3, -0.25) is 4.79 Å². The first-order valence-corrected chi connectivity index (χ1v) is 8.86. The molecule has 0 saturated heterocycles. The molecule has 3 rings (SSSR count). The zero-order chi connectivity index (χ0) is 19.6. The van der Waals surface area contributed by atoms with Crippen LogP contribution in [0.25, 0.3) is 11.4 Å². The fraction of sp³-hybridized carbons (Fsp3) is 0.250. The molecule has 0 aliphatic carbocycles. The van der Waals surface area contributed by atoms with E-state index in [2.05, 4.69) is 15.5 Å². The third-order valence-corrected chi connectivity index (χ3v) is 4.32. The van der Waals surface area contributed by atoms with Crippen LogP contribution in [0.1, 0.15) is 23.9 Å². The molecule has 1 N–H and O–H groups in total. The van der Waals surface area contributed by atoms with Gasteiger partial charge in [0.25, 0.3) is 5.91 Å². The third kappa shape index (κ3) is 4.46. The first-order valence-electron chi connectivity index (χ1n) is 8.48. The fourth-order valence-corrected chi connectivity index (χ4v) is 2.81. The second-order valence-electron chi connectivity index (χ2n) is 6.33. The summed E-state index contributed by atoms with van der Waals surface area (Å²) in [5, 5.41) is 7.42. The summed E-state index contributed by atoms with van der Waals surface area (Å²) in [6, 6.07) is 10.8. The Bertz CT molecular complexity index is 984. The van der Waals surface area contributed by atoms with E-state index in [1.54, 1.807) is 32.0 Å². The third-order valence-electron chi connectivity index (χ3n) is 4.08. The van der Waals surface area contributed by atoms with E-state index in [9.17, 15) is 4.79 Å². The molecule has 0 bridgehead atoms. The van der Waals surface area contributed by atoms with Gasteiger partial charge in [-0.05, 0) is 68.3 Å². The number of hydrogen-bond acceptors (Lipinski definition) is 5. The van der Waals surface area contributed by atoms with Crippen LogP contribution < -0.4 is 10.1 Å². The minimum Gasteiger partial charge on any atom is -0.481 e. The molecule has 0 aliphatic heterocycles. The smallest absolute Gasteiger partial charge is 0.265 e. The molecule has 0 aliphatic rings. The summed E-state index contributed by atoms with van der Waals surface area (Å²) in [5.74, 6) is 1.41. The van der Waals surface area contributed by atoms with E-state index in [1.165, 1.54) is 0 Å². The highest BCUT2D eigenvalue weighted by molar-refractivity contribution is 6.30. The van der Waals surface area contributed by atoms with Crippen molar-refractivity contribution in [1.29, 1.82) is 0 Å². The lowest BCUT2D eigenvalue weighted by Gasteiger charge is -2.17. The molecular formula is C20H20ClN3O3. The summed E-state index contributed by atoms with van der Waals surface area (Å²) in [6.45, 7) is 7.23. The molecule has 6 nitrogen and oxygen atoms in total. The monoisotopic (exact) mass is 385 g/mol. The van der Waals surface area contributed by atoms with Crippen molar-refractivity contribution in [3.8, 4) is 17.1 Å². The van der Waals surface area contributed by atoms with Crippen LogP contribution in [0.4, 0.5) is 5.69 Å². The average Bonchev–Trinajstić information content (AvgIpc) is 3.05. The number of aryl methyl sites for hydroxylation is 3. The fourth-order valence-electron chi connectivity index (χ4n) is 2.58. The van der Waals surface area contributed by atoms with Crippen molar-refractivity contribution in [2.24, 2.45) is 0 Å². The number of halogens is 1. The highest BCUT2D eigenvalue weighted by Gasteiger charge is 2.17. The lowest BCUT2D eigenvalue weighted by atomic mass is 10.1. The average molecular weight is 386 g/mol. The van der Waals surface area contributed by atoms with Gasteiger partial charge in [0.15, 0.2) is 6.10 Å². The van der Waals surface area contributed by atoms with Crippen LogP contribution in [-0.4, -0.2) is 22.2 Å². The van der Waals surface area contributed by atoms with Gasteiger partial charge >= 0.3 is 0 Å². The Morgan fingerprint density at radius 3 is 2.56 bits per heavy atom. The zero-order valence-corrected chi connectivity index (χ0v) is 16.3. The molecule has 1 amide bonds. The molecule has 0 saturated carbocycles. The standard InChI is InChI=1S/C20H20ClN3O3/c1-11-9-15(19-22-14(4)27-24-19)5-7-17(11)23-20(25)13(3)26-18-8-6-16(21)10-12(18)2/h5-10,13H,1-4H3,(H,23,25). The number of nitrogens with one attached hydrogen (secondary N) is 1. The molecule has 1 unspecified atom stereocenters. The summed E-state index contributed by atoms with van der Waals surface area (Å²) < 4.78 is 10.8. The van der Waals surface area contributed by atoms with Crippen molar-refractivity contribution in [3.05, 3.63) is 58.4 Å². The molecule has 140 valence electrons. The van der Waals surface area contributed by atoms with Gasteiger partial charge in [-0.1, -0.05) is 16.8 Å². The summed E-state index contributed by atoms with van der Waals surface area (Å²) in [5.41, 5.74) is 3.28. The van der Waals surface area contributed by atoms with Gasteiger partial charge in [0, 0.05) is 23.2 Å². The van der Waals surface area contributed by atoms with Crippen molar-refractivity contribution in [1.82, 2.24) is 10.1 Å². The summed E-state index contributed by atoms with van der Waals surface area (Å²) >= 11 is 5.95. The van der Waals surface area contributed by atoms with Gasteiger partial charge in [-0.15, -0.1) is 0 Å². The predicted molar refractivity (Wildman–Crippen MR) is 104 cm³/mol. The minimum absolute atomic E-state index is 0.240. The number of carbonyl (C=O) groups excluding carboxylic acids is 1. The van der Waals surface area contributed by atoms with Crippen LogP contribution in [0, 0.1) is 20.8 Å². The van der Waals surface area contributed by atoms with Crippen molar-refractivity contribution < 1.29 is 14.1 Å². The quantitative estimate of drug-likeness (QED) is 0.687. The number of hydrogen-bond donors (Lipinski definition) is 1. The number of amides is 1. The molecule has 27 heavy (non-hydrogen) atoms. The van der Waals surface area contributed by atoms with Crippen LogP contribution in [0.3, 0.4) is 0 Å². The molecule has 0 spiro atoms. The van der Waals surface area contributed by atoms with Gasteiger partial charge in [-0.25, -0.2) is 0 Å². The lowest BCUT2D eigenvalue weighted by Crippen LogP contribution is -2.30. The van der Waals surface area contributed by atoms with Gasteiger partial charge in [0.2, 0.25) is 11.7 Å². The Kier molecular flexibility index (Phi) is 5.46. The molecule has 1 aromatic heterocycles. The number of nitrogens with zero attached hydrogens (tertiary/aromatic N) is 2. The molecular weight excluding hydrogens is 366 g/mol. The van der Waals surface area contributed by atoms with Crippen LogP contribution in [-0.2, 0) is 4.79 Å². The van der Waals surface area contributed by atoms with Crippen molar-refractivity contribution >= 4 is 23.2 Å². The molecule has 7 heteroatoms. The Morgan fingerprint density at radius 2 is 1.93 bits per heavy atom. The van der Waals surface area contributed by atoms with E-state index in [4.69, 9.17) is 20.9 Å². The van der Waals surface area contributed by atoms with Crippen molar-refractivity contribution in [3.63, 3.8) is 0 Å². The van der Waals surface area contributed by atoms with Crippen LogP contribution in [0.2, 0.25) is 5.02 Å². The molecule has 3 aromatic rings. The van der Waals surface area contributed by atoms with Gasteiger partial charge in [0.1, 0.15) is 5.75 Å². The van der Waals surface area contributed by atoms with Gasteiger partial charge < -0.3 is 14.6 Å². The molecule has 0 radical (unpaired) electrons. The van der Waals surface area contributed by atoms with Crippen LogP contribution in [0.5, 0.6) is 5.75 Å². The van der Waals surface area contributed by atoms with E-state index < -0.39 is 6.10 Å². The van der Waals surface area contributed by atoms with Crippen LogP contribution in [0.15, 0.2) is 40.9 Å². The summed E-state index contributed by atoms with van der Waals surface area (Å²) in [6.07, 6.45) is -0.663. The number of rotatable bonds is 5. The number of ether oxygens (including phenoxy) is 1. The predicted octanol–water partition coefficient (Wildman–Crippen LogP) is 4.72. The Morgan fingerprint density at radius 1 is 1.15 bits per heavy atom. The lowest BCUT2D eigenvalue weighted by molar-refractivity contribution is -0.122. The molecule has 2 aromatic carbocycles. The van der Waals surface area contributed by atoms with E-state index in [0.29, 0.717) is 28.2 Å². The number of carbonyl (C=O) groups is 1. The van der Waals surface area contributed by atoms with E-state index in [1.807, 2.05) is 32.0 Å². The second-order valence-corrected chi connectivity index (χ2v) is 6.76. The first-order chi connectivity index (χ1) is 12.8. The Labute approximate surface area is 162 Å². The van der Waals surface area contributed by atoms with Crippen LogP contribution >= 0.6 is 11.6 Å². The summed E-state index contributed by atoms with van der Waals surface area (Å²) in [7, 11) is 0. The first kappa shape index (κ1) is 18.9. The maximum absolute atomic E-state index is 12.5. The maximum Gasteiger partial charge on any atom is 0.265 e. The van der Waals surface area contributed by atoms with Gasteiger partial charge in [-0.2, -0.15) is 4.98 Å². The number of benzene rings is 2. The molecule has 1 atom stereocenters. The largest absolute Gasteiger partial charge is 0.481 e. The van der Waals surface area contributed by atoms with Gasteiger partial charge in [0.05, 0.1) is 0 Å².